The summed E-state index contributed by atoms with van der Waals surface area (Å²) in [5.41, 5.74) is -1.72. The maximum absolute atomic E-state index is 13.2. The zero-order valence-corrected chi connectivity index (χ0v) is 10.1. The van der Waals surface area contributed by atoms with E-state index in [9.17, 15) is 9.18 Å². The molecule has 0 fully saturated rings. The topological polar surface area (TPSA) is 89.8 Å². The van der Waals surface area contributed by atoms with Gasteiger partial charge in [-0.15, -0.1) is 0 Å². The van der Waals surface area contributed by atoms with Crippen LogP contribution in [-0.4, -0.2) is 46.6 Å². The van der Waals surface area contributed by atoms with Gasteiger partial charge in [-0.25, -0.2) is 4.39 Å². The largest absolute Gasteiger partial charge is 0.394 e. The first-order chi connectivity index (χ1) is 8.49. The van der Waals surface area contributed by atoms with Crippen LogP contribution in [0.3, 0.4) is 0 Å². The second kappa shape index (κ2) is 6.10. The molecule has 7 heteroatoms. The van der Waals surface area contributed by atoms with Crippen molar-refractivity contribution in [1.82, 2.24) is 5.32 Å². The maximum Gasteiger partial charge on any atom is 0.253 e. The number of aliphatic hydroxyl groups excluding tert-OH is 3. The van der Waals surface area contributed by atoms with Crippen molar-refractivity contribution in [2.75, 3.05) is 19.8 Å². The number of hydrogen-bond donors (Lipinski definition) is 4. The summed E-state index contributed by atoms with van der Waals surface area (Å²) >= 11 is 5.62. The molecule has 1 amide bonds. The molecule has 0 aliphatic carbocycles. The minimum absolute atomic E-state index is 0.142. The Labute approximate surface area is 108 Å². The minimum Gasteiger partial charge on any atom is -0.394 e. The molecule has 0 unspecified atom stereocenters. The highest BCUT2D eigenvalue weighted by Gasteiger charge is 2.31. The highest BCUT2D eigenvalue weighted by atomic mass is 35.5. The normalized spacial score (nSPS) is 11.4. The molecule has 1 rings (SSSR count). The van der Waals surface area contributed by atoms with E-state index in [0.29, 0.717) is 0 Å². The Bertz CT molecular complexity index is 429. The van der Waals surface area contributed by atoms with Crippen LogP contribution >= 0.6 is 11.6 Å². The van der Waals surface area contributed by atoms with E-state index in [1.165, 1.54) is 12.1 Å². The van der Waals surface area contributed by atoms with Gasteiger partial charge in [-0.1, -0.05) is 17.7 Å². The third-order valence-electron chi connectivity index (χ3n) is 2.48. The molecule has 1 aromatic carbocycles. The van der Waals surface area contributed by atoms with Gasteiger partial charge in [-0.3, -0.25) is 4.79 Å². The van der Waals surface area contributed by atoms with Crippen LogP contribution in [0.2, 0.25) is 5.02 Å². The number of amides is 1. The standard InChI is InChI=1S/C11H13ClFNO4/c12-9-7(2-1-3-8(9)13)10(18)14-11(4-15,5-16)6-17/h1-3,15-17H,4-6H2,(H,14,18). The van der Waals surface area contributed by atoms with Crippen molar-refractivity contribution in [2.45, 2.75) is 5.54 Å². The first-order valence-corrected chi connectivity index (χ1v) is 5.46. The summed E-state index contributed by atoms with van der Waals surface area (Å²) in [5, 5.41) is 29.0. The lowest BCUT2D eigenvalue weighted by Gasteiger charge is -2.28. The van der Waals surface area contributed by atoms with Crippen LogP contribution in [0, 0.1) is 5.82 Å². The van der Waals surface area contributed by atoms with Crippen LogP contribution in [0.4, 0.5) is 4.39 Å². The molecule has 0 aromatic heterocycles. The van der Waals surface area contributed by atoms with Crippen LogP contribution in [0.25, 0.3) is 0 Å². The molecule has 0 saturated heterocycles. The third-order valence-corrected chi connectivity index (χ3v) is 2.87. The SMILES string of the molecule is O=C(NC(CO)(CO)CO)c1cccc(F)c1Cl. The van der Waals surface area contributed by atoms with Gasteiger partial charge in [0.2, 0.25) is 0 Å². The number of hydrogen-bond acceptors (Lipinski definition) is 4. The van der Waals surface area contributed by atoms with Gasteiger partial charge in [0.15, 0.2) is 0 Å². The van der Waals surface area contributed by atoms with Crippen molar-refractivity contribution >= 4 is 17.5 Å². The minimum atomic E-state index is -1.58. The number of halogens is 2. The van der Waals surface area contributed by atoms with E-state index in [4.69, 9.17) is 26.9 Å². The number of rotatable bonds is 5. The number of carbonyl (C=O) groups is 1. The van der Waals surface area contributed by atoms with Crippen LogP contribution in [0.5, 0.6) is 0 Å². The average molecular weight is 278 g/mol. The second-order valence-corrected chi connectivity index (χ2v) is 4.19. The monoisotopic (exact) mass is 277 g/mol. The molecule has 1 aromatic rings. The Morgan fingerprint density at radius 1 is 1.28 bits per heavy atom. The molecule has 0 bridgehead atoms. The lowest BCUT2D eigenvalue weighted by Crippen LogP contribution is -2.57. The van der Waals surface area contributed by atoms with Crippen LogP contribution in [0.15, 0.2) is 18.2 Å². The van der Waals surface area contributed by atoms with Crippen molar-refractivity contribution in [3.8, 4) is 0 Å². The summed E-state index contributed by atoms with van der Waals surface area (Å²) in [5.74, 6) is -1.55. The Hall–Kier alpha value is -1.21. The molecule has 0 radical (unpaired) electrons. The summed E-state index contributed by atoms with van der Waals surface area (Å²) in [6, 6.07) is 3.68. The highest BCUT2D eigenvalue weighted by molar-refractivity contribution is 6.34. The van der Waals surface area contributed by atoms with Crippen LogP contribution in [-0.2, 0) is 0 Å². The van der Waals surface area contributed by atoms with Gasteiger partial charge < -0.3 is 20.6 Å². The fourth-order valence-electron chi connectivity index (χ4n) is 1.26. The van der Waals surface area contributed by atoms with Crippen molar-refractivity contribution in [1.29, 1.82) is 0 Å². The molecule has 0 aliphatic heterocycles. The van der Waals surface area contributed by atoms with Crippen molar-refractivity contribution in [3.05, 3.63) is 34.6 Å². The predicted octanol–water partition coefficient (Wildman–Crippen LogP) is -0.0754. The number of nitrogens with one attached hydrogen (secondary N) is 1. The van der Waals surface area contributed by atoms with Crippen molar-refractivity contribution in [3.63, 3.8) is 0 Å². The van der Waals surface area contributed by atoms with Gasteiger partial charge in [0.25, 0.3) is 5.91 Å². The molecule has 0 heterocycles. The van der Waals surface area contributed by atoms with E-state index in [0.717, 1.165) is 6.07 Å². The molecule has 5 nitrogen and oxygen atoms in total. The second-order valence-electron chi connectivity index (χ2n) is 3.81. The summed E-state index contributed by atoms with van der Waals surface area (Å²) in [4.78, 5) is 11.8. The Morgan fingerprint density at radius 2 is 1.83 bits per heavy atom. The Morgan fingerprint density at radius 3 is 2.33 bits per heavy atom. The van der Waals surface area contributed by atoms with Gasteiger partial charge in [0, 0.05) is 0 Å². The van der Waals surface area contributed by atoms with E-state index in [-0.39, 0.29) is 10.6 Å². The predicted molar refractivity (Wildman–Crippen MR) is 62.9 cm³/mol. The van der Waals surface area contributed by atoms with E-state index in [1.807, 2.05) is 0 Å². The molecule has 0 atom stereocenters. The van der Waals surface area contributed by atoms with Gasteiger partial charge in [-0.05, 0) is 12.1 Å². The molecular formula is C11H13ClFNO4. The van der Waals surface area contributed by atoms with Crippen molar-refractivity contribution < 1.29 is 24.5 Å². The lowest BCUT2D eigenvalue weighted by atomic mass is 10.0. The van der Waals surface area contributed by atoms with E-state index >= 15 is 0 Å². The summed E-state index contributed by atoms with van der Waals surface area (Å²) in [6.07, 6.45) is 0. The van der Waals surface area contributed by atoms with E-state index < -0.39 is 37.1 Å². The Balaban J connectivity index is 2.98. The summed E-state index contributed by atoms with van der Waals surface area (Å²) in [6.45, 7) is -2.00. The summed E-state index contributed by atoms with van der Waals surface area (Å²) in [7, 11) is 0. The first kappa shape index (κ1) is 14.8. The highest BCUT2D eigenvalue weighted by Crippen LogP contribution is 2.20. The molecule has 4 N–H and O–H groups in total. The van der Waals surface area contributed by atoms with Crippen LogP contribution < -0.4 is 5.32 Å². The maximum atomic E-state index is 13.2. The number of carbonyl (C=O) groups excluding carboxylic acids is 1. The molecule has 18 heavy (non-hydrogen) atoms. The van der Waals surface area contributed by atoms with Gasteiger partial charge in [0.05, 0.1) is 30.4 Å². The van der Waals surface area contributed by atoms with E-state index in [2.05, 4.69) is 5.32 Å². The zero-order chi connectivity index (χ0) is 13.8. The molecule has 100 valence electrons. The molecular weight excluding hydrogens is 265 g/mol. The summed E-state index contributed by atoms with van der Waals surface area (Å²) < 4.78 is 13.2. The van der Waals surface area contributed by atoms with Crippen LogP contribution in [0.1, 0.15) is 10.4 Å². The Kier molecular flexibility index (Phi) is 5.03. The number of aliphatic hydroxyl groups is 3. The van der Waals surface area contributed by atoms with Gasteiger partial charge >= 0.3 is 0 Å². The first-order valence-electron chi connectivity index (χ1n) is 5.09. The van der Waals surface area contributed by atoms with Gasteiger partial charge in [0.1, 0.15) is 11.4 Å². The zero-order valence-electron chi connectivity index (χ0n) is 9.36. The smallest absolute Gasteiger partial charge is 0.253 e. The van der Waals surface area contributed by atoms with Gasteiger partial charge in [-0.2, -0.15) is 0 Å². The fraction of sp³-hybridized carbons (Fsp3) is 0.364. The molecule has 0 aliphatic rings. The average Bonchev–Trinajstić information content (AvgIpc) is 2.39. The molecule has 0 saturated carbocycles. The third kappa shape index (κ3) is 2.97. The van der Waals surface area contributed by atoms with E-state index in [1.54, 1.807) is 0 Å². The fourth-order valence-corrected chi connectivity index (χ4v) is 1.47. The number of benzene rings is 1. The van der Waals surface area contributed by atoms with Crippen molar-refractivity contribution in [2.24, 2.45) is 0 Å². The molecule has 0 spiro atoms. The lowest BCUT2D eigenvalue weighted by molar-refractivity contribution is 0.0375. The quantitative estimate of drug-likeness (QED) is 0.606.